The Morgan fingerprint density at radius 2 is 2.20 bits per heavy atom. The van der Waals surface area contributed by atoms with Crippen molar-refractivity contribution in [3.63, 3.8) is 0 Å². The van der Waals surface area contributed by atoms with Crippen LogP contribution in [0.25, 0.3) is 10.2 Å². The summed E-state index contributed by atoms with van der Waals surface area (Å²) in [5.74, 6) is 0. The zero-order valence-corrected chi connectivity index (χ0v) is 9.97. The molecule has 1 heterocycles. The van der Waals surface area contributed by atoms with Gasteiger partial charge in [-0.15, -0.1) is 11.3 Å². The van der Waals surface area contributed by atoms with Crippen LogP contribution in [0, 0.1) is 0 Å². The van der Waals surface area contributed by atoms with Crippen LogP contribution in [0.1, 0.15) is 25.3 Å². The Morgan fingerprint density at radius 1 is 1.40 bits per heavy atom. The molecule has 0 aliphatic carbocycles. The van der Waals surface area contributed by atoms with Crippen LogP contribution >= 0.6 is 11.3 Å². The molecule has 0 aliphatic heterocycles. The number of thiazole rings is 1. The van der Waals surface area contributed by atoms with Crippen LogP contribution in [0.2, 0.25) is 0 Å². The average Bonchev–Trinajstić information content (AvgIpc) is 2.68. The molecule has 0 bridgehead atoms. The first-order valence-electron chi connectivity index (χ1n) is 5.37. The quantitative estimate of drug-likeness (QED) is 0.856. The van der Waals surface area contributed by atoms with Crippen molar-refractivity contribution in [2.75, 3.05) is 0 Å². The smallest absolute Gasteiger partial charge is 0.108 e. The van der Waals surface area contributed by atoms with Gasteiger partial charge in [0, 0.05) is 12.6 Å². The highest BCUT2D eigenvalue weighted by molar-refractivity contribution is 7.18. The third-order valence-electron chi connectivity index (χ3n) is 2.55. The molecule has 80 valence electrons. The molecule has 3 heteroatoms. The Bertz CT molecular complexity index is 403. The summed E-state index contributed by atoms with van der Waals surface area (Å²) < 4.78 is 1.28. The van der Waals surface area contributed by atoms with Crippen LogP contribution < -0.4 is 5.32 Å². The highest BCUT2D eigenvalue weighted by atomic mass is 32.1. The summed E-state index contributed by atoms with van der Waals surface area (Å²) in [6.07, 6.45) is 1.16. The summed E-state index contributed by atoms with van der Waals surface area (Å²) in [5.41, 5.74) is 1.11. The highest BCUT2D eigenvalue weighted by Crippen LogP contribution is 2.21. The van der Waals surface area contributed by atoms with E-state index in [0.29, 0.717) is 6.04 Å². The number of benzene rings is 1. The standard InChI is InChI=1S/C12H16N2S/c1-3-9(2)13-8-12-14-10-6-4-5-7-11(10)15-12/h4-7,9,13H,3,8H2,1-2H3. The molecule has 1 unspecified atom stereocenters. The van der Waals surface area contributed by atoms with Crippen molar-refractivity contribution < 1.29 is 0 Å². The lowest BCUT2D eigenvalue weighted by molar-refractivity contribution is 0.533. The van der Waals surface area contributed by atoms with Gasteiger partial charge in [-0.3, -0.25) is 0 Å². The first-order valence-corrected chi connectivity index (χ1v) is 6.19. The SMILES string of the molecule is CCC(C)NCc1nc2ccccc2s1. The minimum Gasteiger partial charge on any atom is -0.308 e. The van der Waals surface area contributed by atoms with Gasteiger partial charge in [0.1, 0.15) is 5.01 Å². The molecule has 15 heavy (non-hydrogen) atoms. The minimum atomic E-state index is 0.567. The van der Waals surface area contributed by atoms with E-state index in [1.54, 1.807) is 11.3 Å². The highest BCUT2D eigenvalue weighted by Gasteiger charge is 2.03. The van der Waals surface area contributed by atoms with Gasteiger partial charge in [0.15, 0.2) is 0 Å². The number of rotatable bonds is 4. The molecule has 0 fully saturated rings. The van der Waals surface area contributed by atoms with E-state index in [-0.39, 0.29) is 0 Å². The van der Waals surface area contributed by atoms with E-state index in [4.69, 9.17) is 0 Å². The molecule has 2 rings (SSSR count). The maximum Gasteiger partial charge on any atom is 0.108 e. The number of para-hydroxylation sites is 1. The first-order chi connectivity index (χ1) is 7.29. The zero-order valence-electron chi connectivity index (χ0n) is 9.16. The molecule has 1 atom stereocenters. The minimum absolute atomic E-state index is 0.567. The Labute approximate surface area is 94.3 Å². The first kappa shape index (κ1) is 10.6. The second-order valence-corrected chi connectivity index (χ2v) is 4.88. The number of aromatic nitrogens is 1. The lowest BCUT2D eigenvalue weighted by Crippen LogP contribution is -2.24. The largest absolute Gasteiger partial charge is 0.308 e. The fourth-order valence-electron chi connectivity index (χ4n) is 1.40. The molecular formula is C12H16N2S. The molecule has 0 saturated carbocycles. The van der Waals surface area contributed by atoms with E-state index in [1.807, 2.05) is 6.07 Å². The van der Waals surface area contributed by atoms with Gasteiger partial charge in [-0.1, -0.05) is 19.1 Å². The molecule has 0 spiro atoms. The van der Waals surface area contributed by atoms with Crippen molar-refractivity contribution >= 4 is 21.6 Å². The summed E-state index contributed by atoms with van der Waals surface area (Å²) in [4.78, 5) is 4.57. The average molecular weight is 220 g/mol. The molecule has 0 saturated heterocycles. The molecule has 2 aromatic rings. The summed E-state index contributed by atoms with van der Waals surface area (Å²) in [6.45, 7) is 5.28. The topological polar surface area (TPSA) is 24.9 Å². The van der Waals surface area contributed by atoms with Crippen molar-refractivity contribution in [1.82, 2.24) is 10.3 Å². The number of nitrogens with zero attached hydrogens (tertiary/aromatic N) is 1. The Morgan fingerprint density at radius 3 is 2.93 bits per heavy atom. The van der Waals surface area contributed by atoms with Gasteiger partial charge in [-0.2, -0.15) is 0 Å². The van der Waals surface area contributed by atoms with Gasteiger partial charge in [-0.25, -0.2) is 4.98 Å². The number of nitrogens with one attached hydrogen (secondary N) is 1. The summed E-state index contributed by atoms with van der Waals surface area (Å²) >= 11 is 1.78. The van der Waals surface area contributed by atoms with Crippen molar-refractivity contribution in [1.29, 1.82) is 0 Å². The van der Waals surface area contributed by atoms with E-state index in [0.717, 1.165) is 18.5 Å². The Balaban J connectivity index is 2.09. The maximum absolute atomic E-state index is 4.57. The van der Waals surface area contributed by atoms with Crippen molar-refractivity contribution in [3.05, 3.63) is 29.3 Å². The van der Waals surface area contributed by atoms with Gasteiger partial charge in [0.05, 0.1) is 10.2 Å². The molecule has 0 aliphatic rings. The maximum atomic E-state index is 4.57. The van der Waals surface area contributed by atoms with Crippen LogP contribution in [0.4, 0.5) is 0 Å². The van der Waals surface area contributed by atoms with Crippen molar-refractivity contribution in [2.24, 2.45) is 0 Å². The van der Waals surface area contributed by atoms with Gasteiger partial charge in [0.25, 0.3) is 0 Å². The van der Waals surface area contributed by atoms with E-state index in [1.165, 1.54) is 9.71 Å². The van der Waals surface area contributed by atoms with Crippen molar-refractivity contribution in [3.8, 4) is 0 Å². The Hall–Kier alpha value is -0.930. The summed E-state index contributed by atoms with van der Waals surface area (Å²) in [6, 6.07) is 8.86. The van der Waals surface area contributed by atoms with Gasteiger partial charge in [-0.05, 0) is 25.5 Å². The van der Waals surface area contributed by atoms with Crippen molar-refractivity contribution in [2.45, 2.75) is 32.9 Å². The second kappa shape index (κ2) is 4.73. The van der Waals surface area contributed by atoms with E-state index in [2.05, 4.69) is 42.3 Å². The van der Waals surface area contributed by atoms with Gasteiger partial charge < -0.3 is 5.32 Å². The molecule has 0 radical (unpaired) electrons. The predicted molar refractivity (Wildman–Crippen MR) is 66.2 cm³/mol. The molecule has 1 aromatic heterocycles. The molecule has 1 aromatic carbocycles. The molecular weight excluding hydrogens is 204 g/mol. The van der Waals surface area contributed by atoms with E-state index >= 15 is 0 Å². The lowest BCUT2D eigenvalue weighted by atomic mass is 10.3. The lowest BCUT2D eigenvalue weighted by Gasteiger charge is -2.08. The third-order valence-corrected chi connectivity index (χ3v) is 3.59. The molecule has 1 N–H and O–H groups in total. The predicted octanol–water partition coefficient (Wildman–Crippen LogP) is 3.18. The normalized spacial score (nSPS) is 13.2. The van der Waals surface area contributed by atoms with E-state index < -0.39 is 0 Å². The van der Waals surface area contributed by atoms with Gasteiger partial charge >= 0.3 is 0 Å². The number of hydrogen-bond acceptors (Lipinski definition) is 3. The van der Waals surface area contributed by atoms with Crippen LogP contribution in [-0.4, -0.2) is 11.0 Å². The molecule has 2 nitrogen and oxygen atoms in total. The summed E-state index contributed by atoms with van der Waals surface area (Å²) in [5, 5.41) is 4.63. The monoisotopic (exact) mass is 220 g/mol. The number of hydrogen-bond donors (Lipinski definition) is 1. The fraction of sp³-hybridized carbons (Fsp3) is 0.417. The Kier molecular flexibility index (Phi) is 3.34. The van der Waals surface area contributed by atoms with Gasteiger partial charge in [0.2, 0.25) is 0 Å². The zero-order chi connectivity index (χ0) is 10.7. The van der Waals surface area contributed by atoms with Crippen LogP contribution in [0.3, 0.4) is 0 Å². The van der Waals surface area contributed by atoms with Crippen LogP contribution in [0.5, 0.6) is 0 Å². The fourth-order valence-corrected chi connectivity index (χ4v) is 2.32. The molecule has 0 amide bonds. The van der Waals surface area contributed by atoms with E-state index in [9.17, 15) is 0 Å². The number of fused-ring (bicyclic) bond motifs is 1. The van der Waals surface area contributed by atoms with Crippen LogP contribution in [0.15, 0.2) is 24.3 Å². The third kappa shape index (κ3) is 2.55. The summed E-state index contributed by atoms with van der Waals surface area (Å²) in [7, 11) is 0. The second-order valence-electron chi connectivity index (χ2n) is 3.77. The van der Waals surface area contributed by atoms with Crippen LogP contribution in [-0.2, 0) is 6.54 Å².